The summed E-state index contributed by atoms with van der Waals surface area (Å²) in [5, 5.41) is 5.10. The molecule has 17 heavy (non-hydrogen) atoms. The van der Waals surface area contributed by atoms with Crippen LogP contribution in [0.1, 0.15) is 5.56 Å². The molecular formula is C12H12N2O2S. The maximum atomic E-state index is 11.3. The first kappa shape index (κ1) is 11.8. The van der Waals surface area contributed by atoms with E-state index in [2.05, 4.69) is 4.98 Å². The molecule has 0 aliphatic rings. The van der Waals surface area contributed by atoms with Crippen LogP contribution in [0.3, 0.4) is 0 Å². The van der Waals surface area contributed by atoms with Crippen LogP contribution >= 0.6 is 0 Å². The Bertz CT molecular complexity index is 651. The number of aromatic nitrogens is 1. The van der Waals surface area contributed by atoms with Crippen LogP contribution in [0.5, 0.6) is 0 Å². The summed E-state index contributed by atoms with van der Waals surface area (Å²) in [6, 6.07) is 8.41. The molecule has 0 unspecified atom stereocenters. The van der Waals surface area contributed by atoms with Gasteiger partial charge in [0.05, 0.1) is 4.90 Å². The van der Waals surface area contributed by atoms with E-state index in [1.54, 1.807) is 24.5 Å². The summed E-state index contributed by atoms with van der Waals surface area (Å²) >= 11 is 0. The molecule has 0 aliphatic heterocycles. The molecule has 0 saturated carbocycles. The monoisotopic (exact) mass is 248 g/mol. The predicted molar refractivity (Wildman–Crippen MR) is 65.8 cm³/mol. The summed E-state index contributed by atoms with van der Waals surface area (Å²) < 4.78 is 22.5. The minimum absolute atomic E-state index is 0.109. The number of aryl methyl sites for hydroxylation is 1. The standard InChI is InChI=1S/C12H12N2O2S/c1-9-5-6-14-8-12(9)10-3-2-4-11(7-10)17(13,15)16/h2-8H,1H3,(H2,13,15,16). The van der Waals surface area contributed by atoms with Crippen LogP contribution in [0, 0.1) is 6.92 Å². The van der Waals surface area contributed by atoms with Crippen LogP contribution in [0.2, 0.25) is 0 Å². The highest BCUT2D eigenvalue weighted by Gasteiger charge is 2.09. The summed E-state index contributed by atoms with van der Waals surface area (Å²) in [6.07, 6.45) is 3.40. The SMILES string of the molecule is Cc1ccncc1-c1cccc(S(N)(=O)=O)c1. The molecule has 2 aromatic rings. The zero-order chi connectivity index (χ0) is 12.5. The lowest BCUT2D eigenvalue weighted by molar-refractivity contribution is 0.598. The van der Waals surface area contributed by atoms with Gasteiger partial charge in [0.15, 0.2) is 0 Å². The minimum Gasteiger partial charge on any atom is -0.264 e. The van der Waals surface area contributed by atoms with E-state index in [4.69, 9.17) is 5.14 Å². The van der Waals surface area contributed by atoms with Crippen molar-refractivity contribution in [2.45, 2.75) is 11.8 Å². The number of hydrogen-bond donors (Lipinski definition) is 1. The van der Waals surface area contributed by atoms with Crippen LogP contribution in [0.25, 0.3) is 11.1 Å². The van der Waals surface area contributed by atoms with Gasteiger partial charge in [-0.15, -0.1) is 0 Å². The fraction of sp³-hybridized carbons (Fsp3) is 0.0833. The highest BCUT2D eigenvalue weighted by Crippen LogP contribution is 2.24. The van der Waals surface area contributed by atoms with Crippen LogP contribution in [0.15, 0.2) is 47.6 Å². The van der Waals surface area contributed by atoms with Crippen LogP contribution in [-0.2, 0) is 10.0 Å². The van der Waals surface area contributed by atoms with Gasteiger partial charge in [-0.05, 0) is 36.2 Å². The van der Waals surface area contributed by atoms with E-state index in [1.807, 2.05) is 19.1 Å². The Hall–Kier alpha value is -1.72. The van der Waals surface area contributed by atoms with E-state index in [9.17, 15) is 8.42 Å². The van der Waals surface area contributed by atoms with Gasteiger partial charge in [-0.3, -0.25) is 4.98 Å². The first-order valence-corrected chi connectivity index (χ1v) is 6.57. The number of primary sulfonamides is 1. The zero-order valence-electron chi connectivity index (χ0n) is 9.29. The second kappa shape index (κ2) is 4.27. The van der Waals surface area contributed by atoms with Crippen LogP contribution in [0.4, 0.5) is 0 Å². The molecule has 88 valence electrons. The maximum absolute atomic E-state index is 11.3. The maximum Gasteiger partial charge on any atom is 0.238 e. The molecule has 0 bridgehead atoms. The molecule has 0 aliphatic carbocycles. The Kier molecular flexibility index (Phi) is 2.95. The Labute approximate surface area is 100 Å². The van der Waals surface area contributed by atoms with E-state index in [-0.39, 0.29) is 4.90 Å². The second-order valence-corrected chi connectivity index (χ2v) is 5.32. The fourth-order valence-electron chi connectivity index (χ4n) is 1.61. The molecule has 4 nitrogen and oxygen atoms in total. The average Bonchev–Trinajstić information content (AvgIpc) is 2.29. The second-order valence-electron chi connectivity index (χ2n) is 3.76. The van der Waals surface area contributed by atoms with Gasteiger partial charge < -0.3 is 0 Å². The van der Waals surface area contributed by atoms with Crippen molar-refractivity contribution in [1.82, 2.24) is 4.98 Å². The lowest BCUT2D eigenvalue weighted by Crippen LogP contribution is -2.11. The van der Waals surface area contributed by atoms with Crippen LogP contribution in [-0.4, -0.2) is 13.4 Å². The smallest absolute Gasteiger partial charge is 0.238 e. The minimum atomic E-state index is -3.67. The van der Waals surface area contributed by atoms with E-state index in [1.165, 1.54) is 6.07 Å². The van der Waals surface area contributed by atoms with Crippen molar-refractivity contribution >= 4 is 10.0 Å². The number of hydrogen-bond acceptors (Lipinski definition) is 3. The largest absolute Gasteiger partial charge is 0.264 e. The summed E-state index contributed by atoms with van der Waals surface area (Å²) in [5.74, 6) is 0. The van der Waals surface area contributed by atoms with E-state index < -0.39 is 10.0 Å². The van der Waals surface area contributed by atoms with Gasteiger partial charge in [0.1, 0.15) is 0 Å². The summed E-state index contributed by atoms with van der Waals surface area (Å²) in [4.78, 5) is 4.14. The van der Waals surface area contributed by atoms with Crippen LogP contribution < -0.4 is 5.14 Å². The number of nitrogens with zero attached hydrogens (tertiary/aromatic N) is 1. The van der Waals surface area contributed by atoms with Gasteiger partial charge in [0.25, 0.3) is 0 Å². The quantitative estimate of drug-likeness (QED) is 0.879. The average molecular weight is 248 g/mol. The molecule has 2 rings (SSSR count). The van der Waals surface area contributed by atoms with Crippen molar-refractivity contribution in [2.24, 2.45) is 5.14 Å². The number of nitrogens with two attached hydrogens (primary N) is 1. The Morgan fingerprint density at radius 1 is 1.24 bits per heavy atom. The molecule has 5 heteroatoms. The fourth-order valence-corrected chi connectivity index (χ4v) is 2.17. The molecule has 0 fully saturated rings. The first-order chi connectivity index (χ1) is 7.98. The van der Waals surface area contributed by atoms with E-state index in [0.29, 0.717) is 0 Å². The Morgan fingerprint density at radius 3 is 2.65 bits per heavy atom. The topological polar surface area (TPSA) is 73.0 Å². The number of rotatable bonds is 2. The highest BCUT2D eigenvalue weighted by atomic mass is 32.2. The van der Waals surface area contributed by atoms with Crippen molar-refractivity contribution in [1.29, 1.82) is 0 Å². The normalized spacial score (nSPS) is 11.4. The zero-order valence-corrected chi connectivity index (χ0v) is 10.1. The predicted octanol–water partition coefficient (Wildman–Crippen LogP) is 1.70. The number of benzene rings is 1. The third kappa shape index (κ3) is 2.51. The Morgan fingerprint density at radius 2 is 2.00 bits per heavy atom. The number of pyridine rings is 1. The molecule has 0 amide bonds. The molecular weight excluding hydrogens is 236 g/mol. The van der Waals surface area contributed by atoms with Gasteiger partial charge in [0.2, 0.25) is 10.0 Å². The molecule has 1 aromatic carbocycles. The third-order valence-electron chi connectivity index (χ3n) is 2.51. The molecule has 0 saturated heterocycles. The lowest BCUT2D eigenvalue weighted by atomic mass is 10.0. The van der Waals surface area contributed by atoms with Gasteiger partial charge in [-0.2, -0.15) is 0 Å². The molecule has 0 atom stereocenters. The summed E-state index contributed by atoms with van der Waals surface area (Å²) in [7, 11) is -3.67. The lowest BCUT2D eigenvalue weighted by Gasteiger charge is -2.06. The first-order valence-electron chi connectivity index (χ1n) is 5.02. The van der Waals surface area contributed by atoms with Gasteiger partial charge in [-0.25, -0.2) is 13.6 Å². The number of sulfonamides is 1. The van der Waals surface area contributed by atoms with Crippen molar-refractivity contribution in [3.05, 3.63) is 48.3 Å². The van der Waals surface area contributed by atoms with E-state index in [0.717, 1.165) is 16.7 Å². The van der Waals surface area contributed by atoms with Crippen molar-refractivity contribution in [2.75, 3.05) is 0 Å². The molecule has 2 N–H and O–H groups in total. The van der Waals surface area contributed by atoms with E-state index >= 15 is 0 Å². The summed E-state index contributed by atoms with van der Waals surface area (Å²) in [6.45, 7) is 1.95. The molecule has 1 heterocycles. The Balaban J connectivity index is 2.59. The van der Waals surface area contributed by atoms with Crippen molar-refractivity contribution in [3.8, 4) is 11.1 Å². The highest BCUT2D eigenvalue weighted by molar-refractivity contribution is 7.89. The van der Waals surface area contributed by atoms with Gasteiger partial charge in [-0.1, -0.05) is 12.1 Å². The van der Waals surface area contributed by atoms with Crippen molar-refractivity contribution in [3.63, 3.8) is 0 Å². The molecule has 1 aromatic heterocycles. The summed E-state index contributed by atoms with van der Waals surface area (Å²) in [5.41, 5.74) is 2.73. The molecule has 0 spiro atoms. The molecule has 0 radical (unpaired) electrons. The van der Waals surface area contributed by atoms with Gasteiger partial charge >= 0.3 is 0 Å². The van der Waals surface area contributed by atoms with Crippen molar-refractivity contribution < 1.29 is 8.42 Å². The van der Waals surface area contributed by atoms with Gasteiger partial charge in [0, 0.05) is 18.0 Å². The third-order valence-corrected chi connectivity index (χ3v) is 3.42.